The summed E-state index contributed by atoms with van der Waals surface area (Å²) in [6.07, 6.45) is 4.20. The molecule has 0 unspecified atom stereocenters. The summed E-state index contributed by atoms with van der Waals surface area (Å²) in [6.45, 7) is 0. The smallest absolute Gasteiger partial charge is 0.150 e. The Kier molecular flexibility index (Phi) is 2.34. The summed E-state index contributed by atoms with van der Waals surface area (Å²) in [6, 6.07) is 4.47. The average Bonchev–Trinajstić information content (AvgIpc) is 2.86. The third-order valence-electron chi connectivity index (χ3n) is 4.42. The average molecular weight is 330 g/mol. The lowest BCUT2D eigenvalue weighted by Crippen LogP contribution is -1.89. The van der Waals surface area contributed by atoms with Gasteiger partial charge in [-0.15, -0.1) is 22.7 Å². The summed E-state index contributed by atoms with van der Waals surface area (Å²) < 4.78 is 4.22. The van der Waals surface area contributed by atoms with Crippen molar-refractivity contribution in [2.75, 3.05) is 0 Å². The first-order valence-electron chi connectivity index (χ1n) is 7.23. The molecule has 0 spiro atoms. The molecular formula is C16H14N2O2S2. The Labute approximate surface area is 134 Å². The Bertz CT molecular complexity index is 995. The van der Waals surface area contributed by atoms with Crippen LogP contribution in [0.1, 0.15) is 18.9 Å². The van der Waals surface area contributed by atoms with Crippen LogP contribution in [0.15, 0.2) is 23.7 Å². The summed E-state index contributed by atoms with van der Waals surface area (Å²) in [5, 5.41) is 24.5. The molecule has 6 heteroatoms. The molecule has 4 heterocycles. The lowest BCUT2D eigenvalue weighted by Gasteiger charge is -2.02. The van der Waals surface area contributed by atoms with Gasteiger partial charge in [-0.1, -0.05) is 0 Å². The SMILES string of the molecule is Cn1c(-c2cc3c(O)cn(C4CC4)c3s2)c(O)c2ccsc21. The summed E-state index contributed by atoms with van der Waals surface area (Å²) in [7, 11) is 1.98. The predicted octanol–water partition coefficient (Wildman–Crippen LogP) is 4.67. The highest BCUT2D eigenvalue weighted by Crippen LogP contribution is 2.48. The van der Waals surface area contributed by atoms with Gasteiger partial charge in [-0.05, 0) is 30.4 Å². The number of hydrogen-bond acceptors (Lipinski definition) is 4. The fourth-order valence-electron chi connectivity index (χ4n) is 3.17. The minimum Gasteiger partial charge on any atom is -0.506 e. The molecule has 22 heavy (non-hydrogen) atoms. The number of aromatic nitrogens is 2. The molecule has 1 aliphatic rings. The van der Waals surface area contributed by atoms with Gasteiger partial charge in [-0.3, -0.25) is 0 Å². The van der Waals surface area contributed by atoms with Crippen LogP contribution >= 0.6 is 22.7 Å². The second kappa shape index (κ2) is 4.08. The van der Waals surface area contributed by atoms with Crippen LogP contribution in [0.3, 0.4) is 0 Å². The molecule has 2 N–H and O–H groups in total. The van der Waals surface area contributed by atoms with E-state index in [1.807, 2.05) is 35.3 Å². The molecule has 0 aromatic carbocycles. The van der Waals surface area contributed by atoms with Gasteiger partial charge < -0.3 is 19.3 Å². The predicted molar refractivity (Wildman–Crippen MR) is 91.2 cm³/mol. The molecule has 0 radical (unpaired) electrons. The van der Waals surface area contributed by atoms with Gasteiger partial charge in [0.25, 0.3) is 0 Å². The highest BCUT2D eigenvalue weighted by Gasteiger charge is 2.28. The summed E-state index contributed by atoms with van der Waals surface area (Å²) in [5.74, 6) is 0.667. The molecule has 0 saturated heterocycles. The maximum Gasteiger partial charge on any atom is 0.150 e. The summed E-state index contributed by atoms with van der Waals surface area (Å²) in [4.78, 5) is 3.16. The van der Waals surface area contributed by atoms with E-state index in [4.69, 9.17) is 0 Å². The van der Waals surface area contributed by atoms with Crippen molar-refractivity contribution in [3.8, 4) is 22.1 Å². The van der Waals surface area contributed by atoms with Crippen LogP contribution in [0.5, 0.6) is 11.5 Å². The standard InChI is InChI=1S/C16H14N2O2S2/c1-17-13(14(20)9-4-5-21-15(9)17)12-6-10-11(19)7-18(8-2-3-8)16(10)22-12/h4-8,19-20H,2-3H2,1H3. The van der Waals surface area contributed by atoms with E-state index < -0.39 is 0 Å². The first kappa shape index (κ1) is 12.6. The zero-order valence-corrected chi connectivity index (χ0v) is 13.5. The van der Waals surface area contributed by atoms with Crippen molar-refractivity contribution in [1.29, 1.82) is 0 Å². The van der Waals surface area contributed by atoms with Crippen LogP contribution in [0.25, 0.3) is 31.0 Å². The molecule has 0 aliphatic heterocycles. The van der Waals surface area contributed by atoms with Crippen LogP contribution in [-0.4, -0.2) is 19.3 Å². The number of aryl methyl sites for hydroxylation is 1. The molecule has 0 atom stereocenters. The molecular weight excluding hydrogens is 316 g/mol. The van der Waals surface area contributed by atoms with Crippen molar-refractivity contribution in [2.24, 2.45) is 7.05 Å². The molecule has 1 saturated carbocycles. The highest BCUT2D eigenvalue weighted by molar-refractivity contribution is 7.22. The van der Waals surface area contributed by atoms with Crippen LogP contribution in [0.4, 0.5) is 0 Å². The van der Waals surface area contributed by atoms with Crippen LogP contribution in [0.2, 0.25) is 0 Å². The summed E-state index contributed by atoms with van der Waals surface area (Å²) >= 11 is 3.27. The Morgan fingerprint density at radius 2 is 2.00 bits per heavy atom. The number of fused-ring (bicyclic) bond motifs is 2. The van der Waals surface area contributed by atoms with E-state index in [2.05, 4.69) is 4.57 Å². The van der Waals surface area contributed by atoms with E-state index in [1.54, 1.807) is 22.7 Å². The van der Waals surface area contributed by atoms with Gasteiger partial charge in [0.15, 0.2) is 5.75 Å². The maximum atomic E-state index is 10.6. The minimum absolute atomic E-state index is 0.333. The van der Waals surface area contributed by atoms with Crippen LogP contribution in [0, 0.1) is 0 Å². The Morgan fingerprint density at radius 1 is 1.18 bits per heavy atom. The quantitative estimate of drug-likeness (QED) is 0.561. The van der Waals surface area contributed by atoms with Crippen LogP contribution in [-0.2, 0) is 7.05 Å². The lowest BCUT2D eigenvalue weighted by atomic mass is 10.2. The number of rotatable bonds is 2. The van der Waals surface area contributed by atoms with Crippen molar-refractivity contribution in [3.05, 3.63) is 23.7 Å². The zero-order valence-electron chi connectivity index (χ0n) is 11.9. The minimum atomic E-state index is 0.333. The third-order valence-corrected chi connectivity index (χ3v) is 6.57. The molecule has 0 bridgehead atoms. The monoisotopic (exact) mass is 330 g/mol. The number of aromatic hydroxyl groups is 2. The Hall–Kier alpha value is -1.92. The fourth-order valence-corrected chi connectivity index (χ4v) is 5.34. The second-order valence-corrected chi connectivity index (χ2v) is 7.80. The lowest BCUT2D eigenvalue weighted by molar-refractivity contribution is 0.478. The summed E-state index contributed by atoms with van der Waals surface area (Å²) in [5.41, 5.74) is 0.838. The fraction of sp³-hybridized carbons (Fsp3) is 0.250. The van der Waals surface area contributed by atoms with E-state index in [1.165, 1.54) is 12.8 Å². The molecule has 0 amide bonds. The molecule has 5 rings (SSSR count). The molecule has 1 fully saturated rings. The highest BCUT2D eigenvalue weighted by atomic mass is 32.1. The molecule has 4 aromatic heterocycles. The van der Waals surface area contributed by atoms with E-state index in [0.717, 1.165) is 31.0 Å². The first-order chi connectivity index (χ1) is 10.6. The van der Waals surface area contributed by atoms with E-state index >= 15 is 0 Å². The van der Waals surface area contributed by atoms with Gasteiger partial charge in [0, 0.05) is 19.3 Å². The van der Waals surface area contributed by atoms with E-state index in [9.17, 15) is 10.2 Å². The van der Waals surface area contributed by atoms with Crippen molar-refractivity contribution >= 4 is 43.1 Å². The zero-order chi connectivity index (χ0) is 15.0. The van der Waals surface area contributed by atoms with Crippen molar-refractivity contribution < 1.29 is 10.2 Å². The van der Waals surface area contributed by atoms with Gasteiger partial charge in [-0.2, -0.15) is 0 Å². The molecule has 4 aromatic rings. The maximum absolute atomic E-state index is 10.6. The Morgan fingerprint density at radius 3 is 2.73 bits per heavy atom. The van der Waals surface area contributed by atoms with E-state index in [0.29, 0.717) is 17.5 Å². The molecule has 112 valence electrons. The van der Waals surface area contributed by atoms with Crippen LogP contribution < -0.4 is 0 Å². The number of nitrogens with zero attached hydrogens (tertiary/aromatic N) is 2. The van der Waals surface area contributed by atoms with Gasteiger partial charge in [0.05, 0.1) is 15.6 Å². The van der Waals surface area contributed by atoms with E-state index in [-0.39, 0.29) is 0 Å². The molecule has 4 nitrogen and oxygen atoms in total. The largest absolute Gasteiger partial charge is 0.506 e. The number of hydrogen-bond donors (Lipinski definition) is 2. The van der Waals surface area contributed by atoms with Crippen molar-refractivity contribution in [2.45, 2.75) is 18.9 Å². The van der Waals surface area contributed by atoms with Crippen molar-refractivity contribution in [3.63, 3.8) is 0 Å². The number of thiophene rings is 2. The topological polar surface area (TPSA) is 50.3 Å². The van der Waals surface area contributed by atoms with Gasteiger partial charge >= 0.3 is 0 Å². The normalized spacial score (nSPS) is 15.3. The van der Waals surface area contributed by atoms with Gasteiger partial charge in [0.2, 0.25) is 0 Å². The van der Waals surface area contributed by atoms with Gasteiger partial charge in [-0.25, -0.2) is 0 Å². The first-order valence-corrected chi connectivity index (χ1v) is 8.93. The van der Waals surface area contributed by atoms with Gasteiger partial charge in [0.1, 0.15) is 21.1 Å². The van der Waals surface area contributed by atoms with Crippen molar-refractivity contribution in [1.82, 2.24) is 9.13 Å². The molecule has 1 aliphatic carbocycles. The Balaban J connectivity index is 1.78. The second-order valence-electron chi connectivity index (χ2n) is 5.88. The third kappa shape index (κ3) is 1.51.